The van der Waals surface area contributed by atoms with Crippen molar-refractivity contribution in [2.45, 2.75) is 14.1 Å². The van der Waals surface area contributed by atoms with Gasteiger partial charge in [-0.05, 0) is 36.6 Å². The molecule has 8 nitrogen and oxygen atoms in total. The second-order valence-corrected chi connectivity index (χ2v) is 10.7. The maximum Gasteiger partial charge on any atom is 0.295 e. The minimum absolute atomic E-state index is 0.119. The normalized spacial score (nSPS) is 11.9. The van der Waals surface area contributed by atoms with Gasteiger partial charge in [-0.3, -0.25) is 4.55 Å². The number of thioether (sulfide) groups is 1. The molecule has 0 spiro atoms. The van der Waals surface area contributed by atoms with E-state index in [1.165, 1.54) is 6.07 Å². The number of nitrogens with one attached hydrogen (secondary N) is 2. The van der Waals surface area contributed by atoms with Gasteiger partial charge in [0.25, 0.3) is 10.1 Å². The third-order valence-electron chi connectivity index (χ3n) is 4.44. The van der Waals surface area contributed by atoms with Crippen molar-refractivity contribution in [2.24, 2.45) is 0 Å². The van der Waals surface area contributed by atoms with E-state index in [0.717, 1.165) is 37.2 Å². The van der Waals surface area contributed by atoms with Gasteiger partial charge in [-0.1, -0.05) is 36.0 Å². The van der Waals surface area contributed by atoms with Crippen LogP contribution in [0.1, 0.15) is 0 Å². The summed E-state index contributed by atoms with van der Waals surface area (Å²) in [5.41, 5.74) is 4.37. The Morgan fingerprint density at radius 1 is 1.09 bits per heavy atom. The van der Waals surface area contributed by atoms with Crippen LogP contribution in [0.2, 0.25) is 0 Å². The Balaban J connectivity index is 1.25. The fourth-order valence-electron chi connectivity index (χ4n) is 3.06. The maximum absolute atomic E-state index is 11.6. The molecule has 3 N–H and O–H groups in total. The van der Waals surface area contributed by atoms with Gasteiger partial charge in [0.15, 0.2) is 4.34 Å². The van der Waals surface area contributed by atoms with Gasteiger partial charge >= 0.3 is 0 Å². The minimum atomic E-state index is -4.30. The van der Waals surface area contributed by atoms with Crippen molar-refractivity contribution in [3.05, 3.63) is 54.6 Å². The predicted octanol–water partition coefficient (Wildman–Crippen LogP) is 4.99. The van der Waals surface area contributed by atoms with Gasteiger partial charge in [-0.15, -0.1) is 20.7 Å². The third-order valence-corrected chi connectivity index (χ3v) is 7.96. The van der Waals surface area contributed by atoms with Crippen molar-refractivity contribution in [2.75, 3.05) is 24.7 Å². The number of aromatic nitrogens is 1. The van der Waals surface area contributed by atoms with E-state index in [1.54, 1.807) is 47.4 Å². The number of anilines is 1. The molecule has 0 aliphatic carbocycles. The Kier molecular flexibility index (Phi) is 7.53. The molecule has 0 amide bonds. The fourth-order valence-corrected chi connectivity index (χ4v) is 5.68. The molecule has 0 unspecified atom stereocenters. The molecule has 1 aromatic heterocycles. The molecule has 0 aliphatic rings. The van der Waals surface area contributed by atoms with E-state index < -0.39 is 10.1 Å². The molecular weight excluding hydrogens is 491 g/mol. The highest BCUT2D eigenvalue weighted by Gasteiger charge is 2.14. The SMILES string of the molecule is CSc1nc2cc(SOONCCNc3cccc4c(S(=O)(=O)O)cccc34)ccc2s1. The zero-order valence-corrected chi connectivity index (χ0v) is 20.0. The highest BCUT2D eigenvalue weighted by atomic mass is 32.2. The Bertz CT molecular complexity index is 1340. The molecule has 0 bridgehead atoms. The zero-order valence-electron chi connectivity index (χ0n) is 16.8. The van der Waals surface area contributed by atoms with Crippen LogP contribution in [0.3, 0.4) is 0 Å². The van der Waals surface area contributed by atoms with Crippen molar-refractivity contribution < 1.29 is 22.3 Å². The summed E-state index contributed by atoms with van der Waals surface area (Å²) in [6, 6.07) is 15.9. The van der Waals surface area contributed by atoms with Crippen molar-refractivity contribution in [1.82, 2.24) is 10.5 Å². The molecule has 0 saturated carbocycles. The third kappa shape index (κ3) is 5.53. The average molecular weight is 510 g/mol. The van der Waals surface area contributed by atoms with E-state index in [4.69, 9.17) is 9.32 Å². The summed E-state index contributed by atoms with van der Waals surface area (Å²) in [6.07, 6.45) is 2.00. The molecule has 32 heavy (non-hydrogen) atoms. The Labute approximate surface area is 197 Å². The van der Waals surface area contributed by atoms with Crippen LogP contribution in [0, 0.1) is 0 Å². The Morgan fingerprint density at radius 2 is 1.91 bits per heavy atom. The summed E-state index contributed by atoms with van der Waals surface area (Å²) < 4.78 is 39.9. The number of benzene rings is 3. The molecule has 0 radical (unpaired) electrons. The van der Waals surface area contributed by atoms with Crippen molar-refractivity contribution in [3.63, 3.8) is 0 Å². The molecule has 0 fully saturated rings. The minimum Gasteiger partial charge on any atom is -0.383 e. The molecule has 4 rings (SSSR count). The van der Waals surface area contributed by atoms with Crippen LogP contribution >= 0.6 is 35.1 Å². The molecule has 3 aromatic carbocycles. The van der Waals surface area contributed by atoms with E-state index in [2.05, 4.69) is 15.8 Å². The number of rotatable bonds is 10. The lowest BCUT2D eigenvalue weighted by molar-refractivity contribution is -0.243. The van der Waals surface area contributed by atoms with E-state index in [-0.39, 0.29) is 4.90 Å². The Hall–Kier alpha value is -1.90. The maximum atomic E-state index is 11.6. The van der Waals surface area contributed by atoms with Gasteiger partial charge in [-0.25, -0.2) is 4.98 Å². The number of hydrogen-bond acceptors (Lipinski definition) is 10. The summed E-state index contributed by atoms with van der Waals surface area (Å²) >= 11 is 4.36. The van der Waals surface area contributed by atoms with Crippen LogP contribution in [0.15, 0.2) is 68.7 Å². The predicted molar refractivity (Wildman–Crippen MR) is 130 cm³/mol. The standard InChI is InChI=1S/C20H19N3O5S4/c1-29-20-23-17-12-13(8-9-18(17)30-20)31-28-27-22-11-10-21-16-6-2-5-15-14(16)4-3-7-19(15)32(24,25)26/h2-9,12,21-22H,10-11H2,1H3,(H,24,25,26). The zero-order chi connectivity index (χ0) is 22.6. The highest BCUT2D eigenvalue weighted by molar-refractivity contribution is 8.00. The monoisotopic (exact) mass is 509 g/mol. The van der Waals surface area contributed by atoms with Gasteiger partial charge in [-0.2, -0.15) is 13.9 Å². The summed E-state index contributed by atoms with van der Waals surface area (Å²) in [7, 11) is -4.30. The first-order valence-corrected chi connectivity index (χ1v) is 13.6. The number of fused-ring (bicyclic) bond motifs is 2. The van der Waals surface area contributed by atoms with Crippen LogP contribution in [-0.4, -0.2) is 37.3 Å². The molecule has 12 heteroatoms. The van der Waals surface area contributed by atoms with Crippen LogP contribution in [0.5, 0.6) is 0 Å². The van der Waals surface area contributed by atoms with Crippen LogP contribution in [-0.2, 0) is 19.4 Å². The Morgan fingerprint density at radius 3 is 2.72 bits per heavy atom. The average Bonchev–Trinajstić information content (AvgIpc) is 3.20. The quantitative estimate of drug-likeness (QED) is 0.0675. The van der Waals surface area contributed by atoms with Gasteiger partial charge in [0.1, 0.15) is 4.90 Å². The summed E-state index contributed by atoms with van der Waals surface area (Å²) in [5.74, 6) is 0. The van der Waals surface area contributed by atoms with Gasteiger partial charge in [0.05, 0.1) is 22.3 Å². The van der Waals surface area contributed by atoms with Gasteiger partial charge in [0.2, 0.25) is 0 Å². The molecule has 0 atom stereocenters. The smallest absolute Gasteiger partial charge is 0.295 e. The number of thiazole rings is 1. The summed E-state index contributed by atoms with van der Waals surface area (Å²) in [6.45, 7) is 0.919. The topological polar surface area (TPSA) is 110 Å². The van der Waals surface area contributed by atoms with E-state index in [0.29, 0.717) is 23.9 Å². The van der Waals surface area contributed by atoms with E-state index in [1.807, 2.05) is 30.5 Å². The molecule has 4 aromatic rings. The van der Waals surface area contributed by atoms with Gasteiger partial charge < -0.3 is 5.32 Å². The molecule has 0 saturated heterocycles. The van der Waals surface area contributed by atoms with E-state index >= 15 is 0 Å². The molecular formula is C20H19N3O5S4. The van der Waals surface area contributed by atoms with Crippen LogP contribution in [0.25, 0.3) is 21.0 Å². The number of nitrogens with zero attached hydrogens (tertiary/aromatic N) is 1. The summed E-state index contributed by atoms with van der Waals surface area (Å²) in [4.78, 5) is 10.3. The number of hydrogen-bond donors (Lipinski definition) is 3. The highest BCUT2D eigenvalue weighted by Crippen LogP contribution is 2.31. The molecule has 1 heterocycles. The second-order valence-electron chi connectivity index (χ2n) is 6.50. The van der Waals surface area contributed by atoms with Gasteiger partial charge in [0, 0.05) is 34.4 Å². The second kappa shape index (κ2) is 10.4. The van der Waals surface area contributed by atoms with Crippen molar-refractivity contribution >= 4 is 71.9 Å². The van der Waals surface area contributed by atoms with E-state index in [9.17, 15) is 13.0 Å². The molecule has 0 aliphatic heterocycles. The summed E-state index contributed by atoms with van der Waals surface area (Å²) in [5, 5.41) is 4.35. The van der Waals surface area contributed by atoms with Crippen LogP contribution < -0.4 is 10.8 Å². The lowest BCUT2D eigenvalue weighted by atomic mass is 10.1. The fraction of sp³-hybridized carbons (Fsp3) is 0.150. The largest absolute Gasteiger partial charge is 0.383 e. The first kappa shape index (κ1) is 23.3. The lowest BCUT2D eigenvalue weighted by Crippen LogP contribution is -2.21. The van der Waals surface area contributed by atoms with Crippen molar-refractivity contribution in [3.8, 4) is 0 Å². The first-order valence-electron chi connectivity index (χ1n) is 9.36. The van der Waals surface area contributed by atoms with Crippen molar-refractivity contribution in [1.29, 1.82) is 0 Å². The molecule has 168 valence electrons. The lowest BCUT2D eigenvalue weighted by Gasteiger charge is -2.11. The number of hydroxylamine groups is 1. The first-order chi connectivity index (χ1) is 15.5. The van der Waals surface area contributed by atoms with Crippen LogP contribution in [0.4, 0.5) is 5.69 Å².